The van der Waals surface area contributed by atoms with Crippen LogP contribution in [0.1, 0.15) is 70.8 Å². The number of sulfonamides is 1. The summed E-state index contributed by atoms with van der Waals surface area (Å²) in [5.41, 5.74) is -0.768. The van der Waals surface area contributed by atoms with Gasteiger partial charge in [0.1, 0.15) is 40.9 Å². The predicted octanol–water partition coefficient (Wildman–Crippen LogP) is 3.39. The molecule has 3 aliphatic heterocycles. The van der Waals surface area contributed by atoms with Crippen LogP contribution < -0.4 is 29.6 Å². The largest absolute Gasteiger partial charge is 0.497 e. The molecule has 4 N–H and O–H groups in total. The van der Waals surface area contributed by atoms with Crippen molar-refractivity contribution in [2.24, 2.45) is 17.8 Å². The maximum atomic E-state index is 14.5. The highest BCUT2D eigenvalue weighted by Crippen LogP contribution is 2.48. The second kappa shape index (κ2) is 14.8. The number of halogens is 1. The number of hydrogen-bond acceptors (Lipinski definition) is 10. The SMILES string of the molecule is COc1ccc2c(O[C@@H]3C[C@H]4C(=O)N[C@]5(C(=O)NS(=O)(=O)C6(CF)CC6)C[C@H]5C=CCC[C@@H](C)C[C@@H](C)[C@H](NC(=O)O)C(=O)N4C3)nc3c(c2c1)CCCO3. The molecule has 2 aliphatic carbocycles. The second-order valence-corrected chi connectivity index (χ2v) is 17.9. The van der Waals surface area contributed by atoms with Crippen LogP contribution in [0.5, 0.6) is 17.5 Å². The fraction of sp³-hybridized carbons (Fsp3) is 0.605. The Balaban J connectivity index is 1.23. The number of carboxylic acid groups (broad SMARTS) is 1. The van der Waals surface area contributed by atoms with E-state index in [-0.39, 0.29) is 44.0 Å². The van der Waals surface area contributed by atoms with E-state index in [1.54, 1.807) is 26.2 Å². The number of rotatable bonds is 8. The maximum Gasteiger partial charge on any atom is 0.405 e. The number of amides is 4. The van der Waals surface area contributed by atoms with E-state index in [0.717, 1.165) is 23.8 Å². The van der Waals surface area contributed by atoms with Gasteiger partial charge < -0.3 is 34.9 Å². The Morgan fingerprint density at radius 1 is 1.18 bits per heavy atom. The van der Waals surface area contributed by atoms with Crippen LogP contribution in [-0.4, -0.2) is 103 Å². The van der Waals surface area contributed by atoms with E-state index in [9.17, 15) is 37.1 Å². The molecule has 1 saturated heterocycles. The molecular formula is C38H48FN5O10S. The summed E-state index contributed by atoms with van der Waals surface area (Å²) >= 11 is 0. The number of aromatic nitrogens is 1. The molecule has 2 saturated carbocycles. The van der Waals surface area contributed by atoms with Gasteiger partial charge in [0.2, 0.25) is 33.6 Å². The summed E-state index contributed by atoms with van der Waals surface area (Å²) in [4.78, 5) is 60.8. The molecule has 4 heterocycles. The first-order chi connectivity index (χ1) is 26.2. The molecule has 7 rings (SSSR count). The summed E-state index contributed by atoms with van der Waals surface area (Å²) in [6.45, 7) is 3.00. The van der Waals surface area contributed by atoms with Crippen LogP contribution in [0, 0.1) is 17.8 Å². The minimum absolute atomic E-state index is 0.0547. The molecule has 5 aliphatic rings. The van der Waals surface area contributed by atoms with Crippen molar-refractivity contribution in [3.8, 4) is 17.5 Å². The third-order valence-electron chi connectivity index (χ3n) is 11.9. The zero-order chi connectivity index (χ0) is 39.3. The fourth-order valence-corrected chi connectivity index (χ4v) is 9.76. The van der Waals surface area contributed by atoms with Crippen molar-refractivity contribution in [2.45, 2.75) is 100 Å². The minimum Gasteiger partial charge on any atom is -0.497 e. The van der Waals surface area contributed by atoms with Gasteiger partial charge in [0.25, 0.3) is 5.91 Å². The Bertz CT molecular complexity index is 2020. The smallest absolute Gasteiger partial charge is 0.405 e. The van der Waals surface area contributed by atoms with Gasteiger partial charge in [-0.15, -0.1) is 0 Å². The average Bonchev–Trinajstić information content (AvgIpc) is 4.06. The lowest BCUT2D eigenvalue weighted by atomic mass is 9.88. The summed E-state index contributed by atoms with van der Waals surface area (Å²) in [6.07, 6.45) is 4.98. The number of carbonyl (C=O) groups is 4. The number of nitrogens with zero attached hydrogens (tertiary/aromatic N) is 2. The first-order valence-corrected chi connectivity index (χ1v) is 20.4. The third kappa shape index (κ3) is 7.38. The molecule has 15 nitrogen and oxygen atoms in total. The Hall–Kier alpha value is -4.67. The van der Waals surface area contributed by atoms with Gasteiger partial charge in [-0.3, -0.25) is 19.1 Å². The molecule has 17 heteroatoms. The van der Waals surface area contributed by atoms with Gasteiger partial charge in [0, 0.05) is 23.3 Å². The quantitative estimate of drug-likeness (QED) is 0.286. The summed E-state index contributed by atoms with van der Waals surface area (Å²) in [7, 11) is -2.83. The van der Waals surface area contributed by atoms with Crippen molar-refractivity contribution in [1.82, 2.24) is 25.2 Å². The molecule has 0 bridgehead atoms. The lowest BCUT2D eigenvalue weighted by Crippen LogP contribution is -2.59. The number of ether oxygens (including phenoxy) is 3. The zero-order valence-corrected chi connectivity index (χ0v) is 32.0. The predicted molar refractivity (Wildman–Crippen MR) is 197 cm³/mol. The van der Waals surface area contributed by atoms with E-state index >= 15 is 0 Å². The normalized spacial score (nSPS) is 30.3. The van der Waals surface area contributed by atoms with Gasteiger partial charge in [-0.25, -0.2) is 17.6 Å². The fourth-order valence-electron chi connectivity index (χ4n) is 8.33. The maximum absolute atomic E-state index is 14.5. The first kappa shape index (κ1) is 38.6. The first-order valence-electron chi connectivity index (χ1n) is 18.9. The zero-order valence-electron chi connectivity index (χ0n) is 31.1. The number of hydrogen-bond donors (Lipinski definition) is 4. The number of benzene rings is 1. The summed E-state index contributed by atoms with van der Waals surface area (Å²) < 4.78 is 58.4. The molecule has 0 radical (unpaired) electrons. The highest BCUT2D eigenvalue weighted by atomic mass is 32.2. The van der Waals surface area contributed by atoms with Gasteiger partial charge in [-0.2, -0.15) is 4.98 Å². The number of alkyl halides is 1. The number of nitrogens with one attached hydrogen (secondary N) is 3. The number of carbonyl (C=O) groups excluding carboxylic acids is 3. The van der Waals surface area contributed by atoms with Crippen molar-refractivity contribution in [1.29, 1.82) is 0 Å². The average molecular weight is 786 g/mol. The molecule has 55 heavy (non-hydrogen) atoms. The summed E-state index contributed by atoms with van der Waals surface area (Å²) in [6, 6.07) is 3.03. The molecule has 2 aromatic rings. The van der Waals surface area contributed by atoms with Crippen molar-refractivity contribution in [3.63, 3.8) is 0 Å². The Morgan fingerprint density at radius 3 is 2.67 bits per heavy atom. The van der Waals surface area contributed by atoms with E-state index in [2.05, 4.69) is 15.4 Å². The van der Waals surface area contributed by atoms with E-state index in [1.807, 2.05) is 25.1 Å². The Kier molecular flexibility index (Phi) is 10.4. The van der Waals surface area contributed by atoms with Gasteiger partial charge in [-0.1, -0.05) is 26.0 Å². The van der Waals surface area contributed by atoms with Crippen LogP contribution >= 0.6 is 0 Å². The summed E-state index contributed by atoms with van der Waals surface area (Å²) in [5, 5.41) is 16.5. The number of pyridine rings is 1. The summed E-state index contributed by atoms with van der Waals surface area (Å²) in [5.74, 6) is -2.02. The number of fused-ring (bicyclic) bond motifs is 5. The molecule has 1 aromatic carbocycles. The van der Waals surface area contributed by atoms with Crippen molar-refractivity contribution in [3.05, 3.63) is 35.9 Å². The lowest BCUT2D eigenvalue weighted by Gasteiger charge is -2.32. The van der Waals surface area contributed by atoms with Crippen molar-refractivity contribution >= 4 is 44.6 Å². The lowest BCUT2D eigenvalue weighted by molar-refractivity contribution is -0.142. The highest BCUT2D eigenvalue weighted by molar-refractivity contribution is 7.91. The standard InChI is InChI=1S/C38H48FN5O10S/c1-21-7-4-5-8-23-18-38(23,35(47)43-55(50,51)37(20-39)12-13-37)42-31(45)29-17-25(19-44(29)34(46)30(22(2)15-21)40-36(48)49)54-33-27-11-10-24(52-3)16-28(27)26-9-6-14-53-32(26)41-33/h5,8,10-11,16,21-23,25,29-30,40H,4,6-7,9,12-15,17-20H2,1-3H3,(H,42,45)(H,43,47)(H,48,49)/t21-,22-,23-,25-,29+,30+,38-/m1/s1. The topological polar surface area (TPSA) is 203 Å². The molecule has 0 spiro atoms. The highest BCUT2D eigenvalue weighted by Gasteiger charge is 2.64. The molecule has 0 unspecified atom stereocenters. The minimum atomic E-state index is -4.40. The van der Waals surface area contributed by atoms with Crippen LogP contribution in [-0.2, 0) is 30.8 Å². The van der Waals surface area contributed by atoms with Crippen molar-refractivity contribution < 1.29 is 51.3 Å². The van der Waals surface area contributed by atoms with Gasteiger partial charge >= 0.3 is 6.09 Å². The molecule has 1 aromatic heterocycles. The van der Waals surface area contributed by atoms with E-state index < -0.39 is 80.8 Å². The van der Waals surface area contributed by atoms with E-state index in [4.69, 9.17) is 19.2 Å². The molecule has 7 atom stereocenters. The van der Waals surface area contributed by atoms with Crippen LogP contribution in [0.2, 0.25) is 0 Å². The van der Waals surface area contributed by atoms with E-state index in [1.165, 1.54) is 4.90 Å². The van der Waals surface area contributed by atoms with Crippen LogP contribution in [0.3, 0.4) is 0 Å². The van der Waals surface area contributed by atoms with Crippen molar-refractivity contribution in [2.75, 3.05) is 26.9 Å². The van der Waals surface area contributed by atoms with Gasteiger partial charge in [0.05, 0.1) is 20.3 Å². The molecular weight excluding hydrogens is 738 g/mol. The van der Waals surface area contributed by atoms with Crippen LogP contribution in [0.15, 0.2) is 30.4 Å². The van der Waals surface area contributed by atoms with Gasteiger partial charge in [0.15, 0.2) is 0 Å². The number of aryl methyl sites for hydroxylation is 1. The van der Waals surface area contributed by atoms with Crippen LogP contribution in [0.25, 0.3) is 10.8 Å². The van der Waals surface area contributed by atoms with E-state index in [0.29, 0.717) is 42.9 Å². The molecule has 4 amide bonds. The second-order valence-electron chi connectivity index (χ2n) is 15.8. The molecule has 3 fully saturated rings. The Morgan fingerprint density at radius 2 is 1.96 bits per heavy atom. The van der Waals surface area contributed by atoms with Crippen LogP contribution in [0.4, 0.5) is 9.18 Å². The van der Waals surface area contributed by atoms with Gasteiger partial charge in [-0.05, 0) is 86.8 Å². The molecule has 298 valence electrons. The Labute approximate surface area is 318 Å². The number of methoxy groups -OCH3 is 1. The monoisotopic (exact) mass is 785 g/mol. The number of allylic oxidation sites excluding steroid dienone is 1. The third-order valence-corrected chi connectivity index (χ3v) is 14.0.